The average Bonchev–Trinajstić information content (AvgIpc) is 2.52. The molecule has 0 saturated heterocycles. The first-order valence-corrected chi connectivity index (χ1v) is 9.28. The maximum atomic E-state index is 11.9. The van der Waals surface area contributed by atoms with Crippen molar-refractivity contribution < 1.29 is 14.3 Å². The Morgan fingerprint density at radius 2 is 1.79 bits per heavy atom. The fourth-order valence-corrected chi connectivity index (χ4v) is 3.00. The minimum absolute atomic E-state index is 0.00919. The van der Waals surface area contributed by atoms with Crippen molar-refractivity contribution in [2.24, 2.45) is 5.92 Å². The molecule has 0 spiro atoms. The van der Waals surface area contributed by atoms with Crippen molar-refractivity contribution in [1.29, 1.82) is 0 Å². The van der Waals surface area contributed by atoms with Gasteiger partial charge >= 0.3 is 6.09 Å². The molecule has 24 heavy (non-hydrogen) atoms. The second kappa shape index (κ2) is 10.5. The number of alkyl carbamates (subject to hydrolysis) is 1. The minimum Gasteiger partial charge on any atom is -0.444 e. The molecule has 1 aliphatic rings. The van der Waals surface area contributed by atoms with Crippen molar-refractivity contribution in [2.45, 2.75) is 77.9 Å². The van der Waals surface area contributed by atoms with Crippen molar-refractivity contribution in [3.05, 3.63) is 0 Å². The van der Waals surface area contributed by atoms with E-state index >= 15 is 0 Å². The van der Waals surface area contributed by atoms with Crippen LogP contribution in [0.1, 0.15) is 66.2 Å². The smallest absolute Gasteiger partial charge is 0.407 e. The Kier molecular flexibility index (Phi) is 9.11. The minimum atomic E-state index is -0.502. The van der Waals surface area contributed by atoms with Crippen LogP contribution < -0.4 is 16.0 Å². The highest BCUT2D eigenvalue weighted by Gasteiger charge is 2.25. The lowest BCUT2D eigenvalue weighted by atomic mass is 9.84. The molecule has 1 fully saturated rings. The number of rotatable bonds is 8. The zero-order chi connectivity index (χ0) is 18.0. The van der Waals surface area contributed by atoms with Gasteiger partial charge in [0.2, 0.25) is 5.91 Å². The van der Waals surface area contributed by atoms with Gasteiger partial charge in [0.05, 0.1) is 6.54 Å². The third-order valence-corrected chi connectivity index (χ3v) is 4.18. The molecule has 0 heterocycles. The van der Waals surface area contributed by atoms with Crippen LogP contribution in [0.15, 0.2) is 0 Å². The van der Waals surface area contributed by atoms with Crippen LogP contribution >= 0.6 is 0 Å². The van der Waals surface area contributed by atoms with Crippen LogP contribution in [0.2, 0.25) is 0 Å². The van der Waals surface area contributed by atoms with E-state index in [0.717, 1.165) is 19.3 Å². The Hall–Kier alpha value is -1.30. The number of nitrogens with one attached hydrogen (secondary N) is 3. The van der Waals surface area contributed by atoms with Gasteiger partial charge in [-0.15, -0.1) is 0 Å². The maximum absolute atomic E-state index is 11.9. The van der Waals surface area contributed by atoms with Crippen LogP contribution in [-0.4, -0.2) is 43.3 Å². The first kappa shape index (κ1) is 20.7. The quantitative estimate of drug-likeness (QED) is 0.634. The van der Waals surface area contributed by atoms with E-state index in [1.54, 1.807) is 0 Å². The van der Waals surface area contributed by atoms with Gasteiger partial charge in [-0.1, -0.05) is 26.2 Å². The Morgan fingerprint density at radius 1 is 1.12 bits per heavy atom. The van der Waals surface area contributed by atoms with E-state index < -0.39 is 11.7 Å². The molecule has 0 aromatic rings. The molecule has 6 heteroatoms. The van der Waals surface area contributed by atoms with Crippen LogP contribution in [0.3, 0.4) is 0 Å². The number of ether oxygens (including phenoxy) is 1. The molecule has 0 bridgehead atoms. The normalized spacial score (nSPS) is 17.2. The Morgan fingerprint density at radius 3 is 2.38 bits per heavy atom. The first-order chi connectivity index (χ1) is 11.3. The lowest BCUT2D eigenvalue weighted by Gasteiger charge is -2.31. The molecule has 1 atom stereocenters. The summed E-state index contributed by atoms with van der Waals surface area (Å²) in [5, 5.41) is 9.06. The van der Waals surface area contributed by atoms with Gasteiger partial charge in [0, 0.05) is 19.1 Å². The molecule has 1 saturated carbocycles. The first-order valence-electron chi connectivity index (χ1n) is 9.28. The molecule has 0 aromatic carbocycles. The van der Waals surface area contributed by atoms with E-state index in [1.165, 1.54) is 19.3 Å². The zero-order valence-corrected chi connectivity index (χ0v) is 15.7. The van der Waals surface area contributed by atoms with Crippen molar-refractivity contribution in [3.63, 3.8) is 0 Å². The van der Waals surface area contributed by atoms with Gasteiger partial charge in [-0.25, -0.2) is 4.79 Å². The monoisotopic (exact) mass is 341 g/mol. The Balaban J connectivity index is 2.48. The highest BCUT2D eigenvalue weighted by molar-refractivity contribution is 5.78. The van der Waals surface area contributed by atoms with Crippen LogP contribution in [0.25, 0.3) is 0 Å². The predicted molar refractivity (Wildman–Crippen MR) is 95.9 cm³/mol. The lowest BCUT2D eigenvalue weighted by molar-refractivity contribution is -0.120. The summed E-state index contributed by atoms with van der Waals surface area (Å²) in [5.41, 5.74) is -0.502. The summed E-state index contributed by atoms with van der Waals surface area (Å²) in [4.78, 5) is 23.7. The van der Waals surface area contributed by atoms with Crippen LogP contribution in [0.5, 0.6) is 0 Å². The number of amides is 2. The summed E-state index contributed by atoms with van der Waals surface area (Å²) in [7, 11) is 0. The van der Waals surface area contributed by atoms with Crippen molar-refractivity contribution >= 4 is 12.0 Å². The van der Waals surface area contributed by atoms with E-state index in [1.807, 2.05) is 27.7 Å². The van der Waals surface area contributed by atoms with E-state index in [4.69, 9.17) is 4.74 Å². The maximum Gasteiger partial charge on any atom is 0.407 e. The summed E-state index contributed by atoms with van der Waals surface area (Å²) in [6.07, 6.45) is 6.53. The molecule has 6 nitrogen and oxygen atoms in total. The van der Waals surface area contributed by atoms with Crippen LogP contribution in [0, 0.1) is 5.92 Å². The van der Waals surface area contributed by atoms with Crippen molar-refractivity contribution in [3.8, 4) is 0 Å². The summed E-state index contributed by atoms with van der Waals surface area (Å²) in [6.45, 7) is 9.05. The molecule has 1 unspecified atom stereocenters. The second-order valence-electron chi connectivity index (χ2n) is 7.62. The van der Waals surface area contributed by atoms with E-state index in [0.29, 0.717) is 19.0 Å². The molecule has 0 radical (unpaired) electrons. The van der Waals surface area contributed by atoms with Gasteiger partial charge in [0.1, 0.15) is 5.60 Å². The number of hydrogen-bond acceptors (Lipinski definition) is 4. The van der Waals surface area contributed by atoms with E-state index in [-0.39, 0.29) is 18.5 Å². The van der Waals surface area contributed by atoms with E-state index in [9.17, 15) is 9.59 Å². The fourth-order valence-electron chi connectivity index (χ4n) is 3.00. The summed E-state index contributed by atoms with van der Waals surface area (Å²) < 4.78 is 5.30. The van der Waals surface area contributed by atoms with Crippen molar-refractivity contribution in [2.75, 3.05) is 19.6 Å². The van der Waals surface area contributed by atoms with Gasteiger partial charge < -0.3 is 20.7 Å². The molecule has 140 valence electrons. The molecule has 3 N–H and O–H groups in total. The molecule has 2 amide bonds. The van der Waals surface area contributed by atoms with Crippen LogP contribution in [-0.2, 0) is 9.53 Å². The lowest BCUT2D eigenvalue weighted by Crippen LogP contribution is -2.49. The average molecular weight is 341 g/mol. The summed E-state index contributed by atoms with van der Waals surface area (Å²) in [6, 6.07) is 0.102. The third-order valence-electron chi connectivity index (χ3n) is 4.18. The van der Waals surface area contributed by atoms with Gasteiger partial charge in [0.15, 0.2) is 0 Å². The Labute approximate surface area is 146 Å². The topological polar surface area (TPSA) is 79.5 Å². The van der Waals surface area contributed by atoms with Gasteiger partial charge in [-0.05, 0) is 46.0 Å². The predicted octanol–water partition coefficient (Wildman–Crippen LogP) is 2.58. The zero-order valence-electron chi connectivity index (χ0n) is 15.7. The second-order valence-corrected chi connectivity index (χ2v) is 7.62. The molecule has 1 aliphatic carbocycles. The Bertz CT molecular complexity index is 387. The van der Waals surface area contributed by atoms with E-state index in [2.05, 4.69) is 16.0 Å². The largest absolute Gasteiger partial charge is 0.444 e. The highest BCUT2D eigenvalue weighted by Crippen LogP contribution is 2.26. The molecule has 1 rings (SSSR count). The number of carbonyl (C=O) groups is 2. The summed E-state index contributed by atoms with van der Waals surface area (Å²) >= 11 is 0. The third kappa shape index (κ3) is 9.11. The molecular formula is C18H35N3O3. The SMILES string of the molecule is CCCNC(=O)CNC(CNC(=O)OC(C)(C)C)C1CCCCC1. The summed E-state index contributed by atoms with van der Waals surface area (Å²) in [5.74, 6) is 0.502. The molecule has 0 aliphatic heterocycles. The van der Waals surface area contributed by atoms with Crippen molar-refractivity contribution in [1.82, 2.24) is 16.0 Å². The van der Waals surface area contributed by atoms with Gasteiger partial charge in [0.25, 0.3) is 0 Å². The standard InChI is InChI=1S/C18H35N3O3/c1-5-11-19-16(22)13-20-15(14-9-7-6-8-10-14)12-21-17(23)24-18(2,3)4/h14-15,20H,5-13H2,1-4H3,(H,19,22)(H,21,23). The van der Waals surface area contributed by atoms with Crippen LogP contribution in [0.4, 0.5) is 4.79 Å². The van der Waals surface area contributed by atoms with Gasteiger partial charge in [-0.3, -0.25) is 4.79 Å². The number of hydrogen-bond donors (Lipinski definition) is 3. The fraction of sp³-hybridized carbons (Fsp3) is 0.889. The van der Waals surface area contributed by atoms with Gasteiger partial charge in [-0.2, -0.15) is 0 Å². The number of carbonyl (C=O) groups excluding carboxylic acids is 2. The highest BCUT2D eigenvalue weighted by atomic mass is 16.6. The molecular weight excluding hydrogens is 306 g/mol. The molecule has 0 aromatic heterocycles.